The van der Waals surface area contributed by atoms with E-state index in [0.29, 0.717) is 23.1 Å². The maximum atomic E-state index is 12.5. The predicted octanol–water partition coefficient (Wildman–Crippen LogP) is 2.70. The zero-order valence-electron chi connectivity index (χ0n) is 14.0. The minimum absolute atomic E-state index is 0. The van der Waals surface area contributed by atoms with Gasteiger partial charge in [0.2, 0.25) is 5.91 Å². The first kappa shape index (κ1) is 18.7. The lowest BCUT2D eigenvalue weighted by Crippen LogP contribution is -2.53. The molecule has 2 fully saturated rings. The molecule has 0 saturated heterocycles. The molecule has 0 heterocycles. The van der Waals surface area contributed by atoms with Crippen molar-refractivity contribution in [2.45, 2.75) is 51.1 Å². The Bertz CT molecular complexity index is 576. The number of fused-ring (bicyclic) bond motifs is 2. The van der Waals surface area contributed by atoms with E-state index in [-0.39, 0.29) is 36.3 Å². The van der Waals surface area contributed by atoms with Crippen molar-refractivity contribution in [1.29, 1.82) is 0 Å². The number of rotatable bonds is 3. The van der Waals surface area contributed by atoms with E-state index >= 15 is 0 Å². The monoisotopic (exact) mass is 351 g/mol. The van der Waals surface area contributed by atoms with Gasteiger partial charge in [0.25, 0.3) is 5.91 Å². The number of nitrogens with one attached hydrogen (secondary N) is 2. The van der Waals surface area contributed by atoms with Gasteiger partial charge in [-0.05, 0) is 61.8 Å². The van der Waals surface area contributed by atoms with Crippen molar-refractivity contribution < 1.29 is 9.59 Å². The van der Waals surface area contributed by atoms with Crippen LogP contribution in [0.5, 0.6) is 0 Å². The fourth-order valence-electron chi connectivity index (χ4n) is 4.17. The molecular formula is C18H26ClN3O2. The standard InChI is InChI=1S/C18H25N3O2.ClH/c1-11(22)20-16-7-5-12(6-8-16)18(23)21-17-13-3-2-4-14(17)10-15(19)9-13;/h5-8,13-15,17H,2-4,9-10,19H2,1H3,(H,20,22)(H,21,23);1H. The fourth-order valence-corrected chi connectivity index (χ4v) is 4.17. The van der Waals surface area contributed by atoms with Gasteiger partial charge < -0.3 is 16.4 Å². The number of hydrogen-bond acceptors (Lipinski definition) is 3. The van der Waals surface area contributed by atoms with E-state index in [1.807, 2.05) is 0 Å². The molecule has 6 heteroatoms. The highest BCUT2D eigenvalue weighted by atomic mass is 35.5. The number of nitrogens with two attached hydrogens (primary N) is 1. The lowest BCUT2D eigenvalue weighted by Gasteiger charge is -2.45. The van der Waals surface area contributed by atoms with Gasteiger partial charge in [0.15, 0.2) is 0 Å². The molecule has 2 aliphatic rings. The summed E-state index contributed by atoms with van der Waals surface area (Å²) in [6.45, 7) is 1.47. The van der Waals surface area contributed by atoms with Crippen LogP contribution in [0.1, 0.15) is 49.4 Å². The molecule has 0 spiro atoms. The molecule has 0 aliphatic heterocycles. The van der Waals surface area contributed by atoms with E-state index in [4.69, 9.17) is 5.73 Å². The van der Waals surface area contributed by atoms with Gasteiger partial charge in [-0.1, -0.05) is 6.42 Å². The van der Waals surface area contributed by atoms with Crippen molar-refractivity contribution in [3.8, 4) is 0 Å². The summed E-state index contributed by atoms with van der Waals surface area (Å²) in [4.78, 5) is 23.6. The van der Waals surface area contributed by atoms with Gasteiger partial charge in [-0.25, -0.2) is 0 Å². The Hall–Kier alpha value is -1.59. The van der Waals surface area contributed by atoms with Crippen LogP contribution in [0.25, 0.3) is 0 Å². The van der Waals surface area contributed by atoms with Crippen LogP contribution in [-0.2, 0) is 4.79 Å². The first-order valence-corrected chi connectivity index (χ1v) is 8.47. The SMILES string of the molecule is CC(=O)Nc1ccc(C(=O)NC2C3CCCC2CC(N)C3)cc1.Cl. The molecule has 2 saturated carbocycles. The number of anilines is 1. The normalized spacial score (nSPS) is 28.4. The van der Waals surface area contributed by atoms with E-state index in [9.17, 15) is 9.59 Å². The average molecular weight is 352 g/mol. The molecular weight excluding hydrogens is 326 g/mol. The first-order chi connectivity index (χ1) is 11.0. The van der Waals surface area contributed by atoms with Crippen LogP contribution < -0.4 is 16.4 Å². The zero-order chi connectivity index (χ0) is 16.4. The second-order valence-corrected chi connectivity index (χ2v) is 6.94. The fraction of sp³-hybridized carbons (Fsp3) is 0.556. The molecule has 4 N–H and O–H groups in total. The second kappa shape index (κ2) is 7.99. The maximum Gasteiger partial charge on any atom is 0.251 e. The lowest BCUT2D eigenvalue weighted by atomic mass is 9.67. The van der Waals surface area contributed by atoms with Gasteiger partial charge in [0.05, 0.1) is 0 Å². The highest BCUT2D eigenvalue weighted by Gasteiger charge is 2.39. The van der Waals surface area contributed by atoms with Crippen molar-refractivity contribution in [3.05, 3.63) is 29.8 Å². The highest BCUT2D eigenvalue weighted by molar-refractivity contribution is 5.95. The molecule has 132 valence electrons. The third kappa shape index (κ3) is 4.28. The molecule has 2 aliphatic carbocycles. The van der Waals surface area contributed by atoms with Crippen molar-refractivity contribution in [1.82, 2.24) is 5.32 Å². The Kier molecular flexibility index (Phi) is 6.24. The molecule has 3 rings (SSSR count). The van der Waals surface area contributed by atoms with Crippen LogP contribution in [0.3, 0.4) is 0 Å². The molecule has 24 heavy (non-hydrogen) atoms. The van der Waals surface area contributed by atoms with Crippen molar-refractivity contribution in [2.24, 2.45) is 17.6 Å². The summed E-state index contributed by atoms with van der Waals surface area (Å²) < 4.78 is 0. The third-order valence-corrected chi connectivity index (χ3v) is 5.14. The number of hydrogen-bond donors (Lipinski definition) is 3. The maximum absolute atomic E-state index is 12.5. The quantitative estimate of drug-likeness (QED) is 0.782. The van der Waals surface area contributed by atoms with E-state index in [2.05, 4.69) is 10.6 Å². The molecule has 1 aromatic rings. The molecule has 0 aromatic heterocycles. The second-order valence-electron chi connectivity index (χ2n) is 6.94. The van der Waals surface area contributed by atoms with Crippen LogP contribution in [0.4, 0.5) is 5.69 Å². The zero-order valence-corrected chi connectivity index (χ0v) is 14.8. The molecule has 1 aromatic carbocycles. The van der Waals surface area contributed by atoms with Gasteiger partial charge in [0, 0.05) is 30.3 Å². The number of carbonyl (C=O) groups is 2. The number of amides is 2. The van der Waals surface area contributed by atoms with Crippen LogP contribution in [-0.4, -0.2) is 23.9 Å². The van der Waals surface area contributed by atoms with Gasteiger partial charge in [-0.3, -0.25) is 9.59 Å². The summed E-state index contributed by atoms with van der Waals surface area (Å²) in [7, 11) is 0. The number of halogens is 1. The van der Waals surface area contributed by atoms with E-state index < -0.39 is 0 Å². The summed E-state index contributed by atoms with van der Waals surface area (Å²) >= 11 is 0. The van der Waals surface area contributed by atoms with Gasteiger partial charge >= 0.3 is 0 Å². The van der Waals surface area contributed by atoms with E-state index in [1.54, 1.807) is 24.3 Å². The first-order valence-electron chi connectivity index (χ1n) is 8.47. The third-order valence-electron chi connectivity index (χ3n) is 5.14. The van der Waals surface area contributed by atoms with Crippen LogP contribution in [0.15, 0.2) is 24.3 Å². The Morgan fingerprint density at radius 3 is 2.21 bits per heavy atom. The number of carbonyl (C=O) groups excluding carboxylic acids is 2. The minimum Gasteiger partial charge on any atom is -0.349 e. The summed E-state index contributed by atoms with van der Waals surface area (Å²) in [6, 6.07) is 7.57. The predicted molar refractivity (Wildman–Crippen MR) is 97.3 cm³/mol. The summed E-state index contributed by atoms with van der Waals surface area (Å²) in [5, 5.41) is 5.94. The van der Waals surface area contributed by atoms with Crippen molar-refractivity contribution in [2.75, 3.05) is 5.32 Å². The number of benzene rings is 1. The largest absolute Gasteiger partial charge is 0.349 e. The smallest absolute Gasteiger partial charge is 0.251 e. The lowest BCUT2D eigenvalue weighted by molar-refractivity contribution is -0.114. The molecule has 2 atom stereocenters. The van der Waals surface area contributed by atoms with Crippen LogP contribution in [0.2, 0.25) is 0 Å². The molecule has 0 radical (unpaired) electrons. The molecule has 5 nitrogen and oxygen atoms in total. The van der Waals surface area contributed by atoms with E-state index in [1.165, 1.54) is 13.3 Å². The van der Waals surface area contributed by atoms with Crippen molar-refractivity contribution >= 4 is 29.9 Å². The Labute approximate surface area is 149 Å². The highest BCUT2D eigenvalue weighted by Crippen LogP contribution is 2.39. The Morgan fingerprint density at radius 1 is 1.08 bits per heavy atom. The minimum atomic E-state index is -0.117. The van der Waals surface area contributed by atoms with E-state index in [0.717, 1.165) is 25.7 Å². The van der Waals surface area contributed by atoms with Gasteiger partial charge in [0.1, 0.15) is 0 Å². The van der Waals surface area contributed by atoms with Gasteiger partial charge in [-0.15, -0.1) is 12.4 Å². The van der Waals surface area contributed by atoms with Gasteiger partial charge in [-0.2, -0.15) is 0 Å². The molecule has 2 bridgehead atoms. The van der Waals surface area contributed by atoms with Crippen molar-refractivity contribution in [3.63, 3.8) is 0 Å². The summed E-state index contributed by atoms with van der Waals surface area (Å²) in [6.07, 6.45) is 5.61. The molecule has 2 amide bonds. The Balaban J connectivity index is 0.00000208. The average Bonchev–Trinajstić information content (AvgIpc) is 2.48. The summed E-state index contributed by atoms with van der Waals surface area (Å²) in [5.74, 6) is 0.880. The summed E-state index contributed by atoms with van der Waals surface area (Å²) in [5.41, 5.74) is 7.47. The topological polar surface area (TPSA) is 84.2 Å². The molecule has 2 unspecified atom stereocenters. The van der Waals surface area contributed by atoms with Crippen LogP contribution >= 0.6 is 12.4 Å². The van der Waals surface area contributed by atoms with Crippen LogP contribution in [0, 0.1) is 11.8 Å². The Morgan fingerprint density at radius 2 is 1.67 bits per heavy atom.